The Labute approximate surface area is 191 Å². The van der Waals surface area contributed by atoms with E-state index in [2.05, 4.69) is 20.9 Å². The highest BCUT2D eigenvalue weighted by Gasteiger charge is 2.31. The number of benzene rings is 1. The standard InChI is InChI=1S/C22H31N5O6/c1-11(2)18(22(32)33)27-20(30)16(8-13-9-24-15-7-5-4-6-14(13)15)25-21(31)17(10-28)26-19(29)12(3)23/h4-7,9,11-12,16-18,24,28H,8,10,23H2,1-3H3,(H,25,31)(H,26,29)(H,27,30)(H,32,33). The van der Waals surface area contributed by atoms with Crippen molar-refractivity contribution >= 4 is 34.6 Å². The molecule has 3 amide bonds. The van der Waals surface area contributed by atoms with Crippen molar-refractivity contribution in [2.24, 2.45) is 11.7 Å². The van der Waals surface area contributed by atoms with Crippen molar-refractivity contribution in [3.8, 4) is 0 Å². The molecule has 1 heterocycles. The lowest BCUT2D eigenvalue weighted by molar-refractivity contribution is -0.143. The minimum absolute atomic E-state index is 0.0470. The number of hydrogen-bond donors (Lipinski definition) is 7. The molecular weight excluding hydrogens is 430 g/mol. The molecule has 0 bridgehead atoms. The molecule has 2 rings (SSSR count). The topological polar surface area (TPSA) is 187 Å². The number of aliphatic hydroxyl groups excluding tert-OH is 1. The lowest BCUT2D eigenvalue weighted by Gasteiger charge is -2.25. The molecule has 33 heavy (non-hydrogen) atoms. The van der Waals surface area contributed by atoms with Crippen LogP contribution in [0, 0.1) is 5.92 Å². The molecule has 11 heteroatoms. The number of carboxylic acid groups (broad SMARTS) is 1. The fourth-order valence-corrected chi connectivity index (χ4v) is 3.27. The number of para-hydroxylation sites is 1. The number of H-pyrrole nitrogens is 1. The fourth-order valence-electron chi connectivity index (χ4n) is 3.27. The van der Waals surface area contributed by atoms with Crippen LogP contribution < -0.4 is 21.7 Å². The molecule has 0 radical (unpaired) electrons. The molecular formula is C22H31N5O6. The summed E-state index contributed by atoms with van der Waals surface area (Å²) in [7, 11) is 0. The van der Waals surface area contributed by atoms with Crippen molar-refractivity contribution in [1.29, 1.82) is 0 Å². The first-order chi connectivity index (χ1) is 15.5. The molecule has 11 nitrogen and oxygen atoms in total. The van der Waals surface area contributed by atoms with Crippen LogP contribution in [0.5, 0.6) is 0 Å². The smallest absolute Gasteiger partial charge is 0.326 e. The quantitative estimate of drug-likeness (QED) is 0.229. The fraction of sp³-hybridized carbons (Fsp3) is 0.455. The van der Waals surface area contributed by atoms with E-state index in [9.17, 15) is 29.4 Å². The Morgan fingerprint density at radius 2 is 1.58 bits per heavy atom. The van der Waals surface area contributed by atoms with Gasteiger partial charge in [-0.3, -0.25) is 14.4 Å². The molecule has 4 unspecified atom stereocenters. The van der Waals surface area contributed by atoms with E-state index >= 15 is 0 Å². The van der Waals surface area contributed by atoms with Gasteiger partial charge in [0.15, 0.2) is 0 Å². The van der Waals surface area contributed by atoms with Gasteiger partial charge in [-0.15, -0.1) is 0 Å². The Morgan fingerprint density at radius 1 is 0.970 bits per heavy atom. The molecule has 0 aliphatic heterocycles. The van der Waals surface area contributed by atoms with Gasteiger partial charge in [-0.1, -0.05) is 32.0 Å². The summed E-state index contributed by atoms with van der Waals surface area (Å²) in [4.78, 5) is 52.3. The maximum atomic E-state index is 13.0. The van der Waals surface area contributed by atoms with E-state index in [1.54, 1.807) is 20.0 Å². The van der Waals surface area contributed by atoms with Gasteiger partial charge in [0.05, 0.1) is 12.6 Å². The summed E-state index contributed by atoms with van der Waals surface area (Å²) in [5.41, 5.74) is 7.05. The van der Waals surface area contributed by atoms with Gasteiger partial charge in [-0.2, -0.15) is 0 Å². The predicted octanol–water partition coefficient (Wildman–Crippen LogP) is -0.755. The van der Waals surface area contributed by atoms with E-state index in [1.807, 2.05) is 24.3 Å². The van der Waals surface area contributed by atoms with Gasteiger partial charge in [0.2, 0.25) is 17.7 Å². The van der Waals surface area contributed by atoms with Gasteiger partial charge >= 0.3 is 5.97 Å². The maximum absolute atomic E-state index is 13.0. The highest BCUT2D eigenvalue weighted by atomic mass is 16.4. The number of carbonyl (C=O) groups is 4. The van der Waals surface area contributed by atoms with Gasteiger partial charge in [0.25, 0.3) is 0 Å². The number of aromatic nitrogens is 1. The summed E-state index contributed by atoms with van der Waals surface area (Å²) in [6.07, 6.45) is 1.75. The summed E-state index contributed by atoms with van der Waals surface area (Å²) in [6, 6.07) is 2.83. The van der Waals surface area contributed by atoms with E-state index in [1.165, 1.54) is 6.92 Å². The molecule has 0 spiro atoms. The number of aromatic amines is 1. The highest BCUT2D eigenvalue weighted by Crippen LogP contribution is 2.19. The van der Waals surface area contributed by atoms with Gasteiger partial charge < -0.3 is 36.9 Å². The zero-order chi connectivity index (χ0) is 24.7. The average molecular weight is 462 g/mol. The van der Waals surface area contributed by atoms with Crippen molar-refractivity contribution in [3.05, 3.63) is 36.0 Å². The summed E-state index contributed by atoms with van der Waals surface area (Å²) in [5, 5.41) is 27.1. The molecule has 8 N–H and O–H groups in total. The summed E-state index contributed by atoms with van der Waals surface area (Å²) in [5.74, 6) is -3.75. The van der Waals surface area contributed by atoms with Crippen molar-refractivity contribution < 1.29 is 29.4 Å². The second-order valence-electron chi connectivity index (χ2n) is 8.23. The monoisotopic (exact) mass is 461 g/mol. The van der Waals surface area contributed by atoms with E-state index in [0.29, 0.717) is 0 Å². The Hall–Kier alpha value is -3.44. The van der Waals surface area contributed by atoms with E-state index < -0.39 is 60.4 Å². The second kappa shape index (κ2) is 11.4. The molecule has 0 aliphatic rings. The van der Waals surface area contributed by atoms with E-state index in [-0.39, 0.29) is 6.42 Å². The Morgan fingerprint density at radius 3 is 2.15 bits per heavy atom. The third-order valence-electron chi connectivity index (χ3n) is 5.19. The first-order valence-electron chi connectivity index (χ1n) is 10.6. The number of carbonyl (C=O) groups excluding carboxylic acids is 3. The summed E-state index contributed by atoms with van der Waals surface area (Å²) < 4.78 is 0. The van der Waals surface area contributed by atoms with E-state index in [0.717, 1.165) is 16.5 Å². The molecule has 0 saturated carbocycles. The number of hydrogen-bond acceptors (Lipinski definition) is 6. The molecule has 1 aromatic heterocycles. The molecule has 4 atom stereocenters. The molecule has 0 saturated heterocycles. The van der Waals surface area contributed by atoms with Gasteiger partial charge in [-0.05, 0) is 24.5 Å². The van der Waals surface area contributed by atoms with Crippen molar-refractivity contribution in [2.75, 3.05) is 6.61 Å². The maximum Gasteiger partial charge on any atom is 0.326 e. The van der Waals surface area contributed by atoms with Crippen LogP contribution in [0.1, 0.15) is 26.3 Å². The minimum Gasteiger partial charge on any atom is -0.480 e. The Kier molecular flexibility index (Phi) is 8.94. The van der Waals surface area contributed by atoms with Crippen molar-refractivity contribution in [2.45, 2.75) is 51.4 Å². The number of aliphatic carboxylic acids is 1. The Bertz CT molecular complexity index is 1000. The molecule has 1 aromatic carbocycles. The number of amides is 3. The largest absolute Gasteiger partial charge is 0.480 e. The van der Waals surface area contributed by atoms with Gasteiger partial charge in [0.1, 0.15) is 18.1 Å². The van der Waals surface area contributed by atoms with Crippen molar-refractivity contribution in [3.63, 3.8) is 0 Å². The first-order valence-corrected chi connectivity index (χ1v) is 10.6. The summed E-state index contributed by atoms with van der Waals surface area (Å²) in [6.45, 7) is 4.01. The lowest BCUT2D eigenvalue weighted by atomic mass is 10.0. The zero-order valence-electron chi connectivity index (χ0n) is 18.8. The number of rotatable bonds is 11. The van der Waals surface area contributed by atoms with Gasteiger partial charge in [-0.25, -0.2) is 4.79 Å². The Balaban J connectivity index is 2.29. The number of fused-ring (bicyclic) bond motifs is 1. The molecule has 0 aliphatic carbocycles. The normalized spacial score (nSPS) is 14.8. The van der Waals surface area contributed by atoms with Crippen LogP contribution in [0.25, 0.3) is 10.9 Å². The average Bonchev–Trinajstić information content (AvgIpc) is 3.17. The second-order valence-corrected chi connectivity index (χ2v) is 8.23. The number of nitrogens with two attached hydrogens (primary N) is 1. The van der Waals surface area contributed by atoms with Crippen LogP contribution in [-0.4, -0.2) is 69.7 Å². The highest BCUT2D eigenvalue weighted by molar-refractivity contribution is 5.94. The number of carboxylic acids is 1. The zero-order valence-corrected chi connectivity index (χ0v) is 18.8. The predicted molar refractivity (Wildman–Crippen MR) is 121 cm³/mol. The SMILES string of the molecule is CC(N)C(=O)NC(CO)C(=O)NC(Cc1c[nH]c2ccccc12)C(=O)NC(C(=O)O)C(C)C. The van der Waals surface area contributed by atoms with Crippen LogP contribution in [-0.2, 0) is 25.6 Å². The molecule has 2 aromatic rings. The summed E-state index contributed by atoms with van der Waals surface area (Å²) >= 11 is 0. The van der Waals surface area contributed by atoms with Crippen LogP contribution >= 0.6 is 0 Å². The molecule has 180 valence electrons. The first kappa shape index (κ1) is 25.8. The van der Waals surface area contributed by atoms with E-state index in [4.69, 9.17) is 5.73 Å². The van der Waals surface area contributed by atoms with Gasteiger partial charge in [0, 0.05) is 23.5 Å². The third kappa shape index (κ3) is 6.77. The lowest BCUT2D eigenvalue weighted by Crippen LogP contribution is -2.58. The number of aliphatic hydroxyl groups is 1. The van der Waals surface area contributed by atoms with Crippen LogP contribution in [0.4, 0.5) is 0 Å². The third-order valence-corrected chi connectivity index (χ3v) is 5.19. The number of nitrogens with one attached hydrogen (secondary N) is 4. The molecule has 0 fully saturated rings. The van der Waals surface area contributed by atoms with Crippen LogP contribution in [0.15, 0.2) is 30.5 Å². The minimum atomic E-state index is -1.33. The van der Waals surface area contributed by atoms with Crippen LogP contribution in [0.2, 0.25) is 0 Å². The van der Waals surface area contributed by atoms with Crippen molar-refractivity contribution in [1.82, 2.24) is 20.9 Å². The van der Waals surface area contributed by atoms with Crippen LogP contribution in [0.3, 0.4) is 0 Å².